The number of hydrogen-bond donors (Lipinski definition) is 1. The Bertz CT molecular complexity index is 1070. The van der Waals surface area contributed by atoms with Crippen molar-refractivity contribution in [2.75, 3.05) is 47.5 Å². The molecule has 10 heteroatoms. The molecule has 0 spiro atoms. The topological polar surface area (TPSA) is 108 Å². The van der Waals surface area contributed by atoms with Gasteiger partial charge in [0.25, 0.3) is 0 Å². The van der Waals surface area contributed by atoms with Crippen LogP contribution in [0.1, 0.15) is 168 Å². The highest BCUT2D eigenvalue weighted by Crippen LogP contribution is 2.43. The molecule has 9 nitrogen and oxygen atoms in total. The number of carbonyl (C=O) groups excluding carboxylic acids is 2. The standard InChI is InChI=1S/C44H80NO8P/c1-6-8-10-12-14-16-18-20-21-22-23-25-26-28-30-32-34-36-43(46)50-40-42(41-52-54(48,49)51-39-38-45(3,4)5)53-44(47)37-35-33-31-29-27-24-19-17-15-13-11-9-7-2/h10,12,16,18,21-22,25-26,42H,6-9,11,13-15,17,19-20,23-24,27-41H2,1-5H3/p+1/b12-10+,18-16+,22-21+,26-25+/t42-/m1/s1. The van der Waals surface area contributed by atoms with Gasteiger partial charge in [-0.2, -0.15) is 0 Å². The number of quaternary nitrogens is 1. The van der Waals surface area contributed by atoms with Gasteiger partial charge < -0.3 is 18.9 Å². The SMILES string of the molecule is CCC/C=C/C/C=C/C/C=C/C/C=C/CCCCCC(=O)OC[C@H](COP(=O)(O)OCC[N+](C)(C)C)OC(=O)CCCCCCCCCCCCCCC. The third-order valence-electron chi connectivity index (χ3n) is 8.84. The Balaban J connectivity index is 4.43. The zero-order valence-electron chi connectivity index (χ0n) is 35.2. The first-order valence-electron chi connectivity index (χ1n) is 21.4. The molecule has 0 radical (unpaired) electrons. The Hall–Kier alpha value is -2.03. The summed E-state index contributed by atoms with van der Waals surface area (Å²) in [7, 11) is 1.46. The summed E-state index contributed by atoms with van der Waals surface area (Å²) in [6, 6.07) is 0. The molecule has 0 aliphatic carbocycles. The molecule has 0 saturated heterocycles. The number of allylic oxidation sites excluding steroid dienone is 8. The maximum Gasteiger partial charge on any atom is 0.472 e. The van der Waals surface area contributed by atoms with Gasteiger partial charge in [0, 0.05) is 12.8 Å². The number of ether oxygens (including phenoxy) is 2. The van der Waals surface area contributed by atoms with Crippen molar-refractivity contribution < 1.29 is 42.1 Å². The molecule has 0 aromatic heterocycles. The lowest BCUT2D eigenvalue weighted by molar-refractivity contribution is -0.870. The summed E-state index contributed by atoms with van der Waals surface area (Å²) < 4.78 is 34.2. The molecule has 0 bridgehead atoms. The van der Waals surface area contributed by atoms with Crippen LogP contribution >= 0.6 is 7.82 Å². The highest BCUT2D eigenvalue weighted by atomic mass is 31.2. The molecular weight excluding hydrogens is 701 g/mol. The first-order valence-corrected chi connectivity index (χ1v) is 22.9. The number of nitrogens with zero attached hydrogens (tertiary/aromatic N) is 1. The van der Waals surface area contributed by atoms with Gasteiger partial charge in [0.1, 0.15) is 19.8 Å². The quantitative estimate of drug-likeness (QED) is 0.0217. The van der Waals surface area contributed by atoms with Gasteiger partial charge in [-0.25, -0.2) is 4.57 Å². The van der Waals surface area contributed by atoms with E-state index in [1.807, 2.05) is 21.1 Å². The first-order chi connectivity index (χ1) is 26.0. The van der Waals surface area contributed by atoms with Crippen molar-refractivity contribution in [1.82, 2.24) is 0 Å². The Morgan fingerprint density at radius 1 is 0.574 bits per heavy atom. The number of carbonyl (C=O) groups is 2. The van der Waals surface area contributed by atoms with Gasteiger partial charge in [-0.1, -0.05) is 152 Å². The van der Waals surface area contributed by atoms with E-state index in [1.54, 1.807) is 0 Å². The highest BCUT2D eigenvalue weighted by Gasteiger charge is 2.27. The Labute approximate surface area is 331 Å². The summed E-state index contributed by atoms with van der Waals surface area (Å²) in [6.07, 6.45) is 41.5. The smallest absolute Gasteiger partial charge is 0.462 e. The lowest BCUT2D eigenvalue weighted by Crippen LogP contribution is -2.37. The van der Waals surface area contributed by atoms with E-state index in [0.717, 1.165) is 57.8 Å². The maximum absolute atomic E-state index is 12.7. The van der Waals surface area contributed by atoms with E-state index in [9.17, 15) is 19.0 Å². The van der Waals surface area contributed by atoms with E-state index in [0.29, 0.717) is 23.9 Å². The molecule has 0 aromatic carbocycles. The highest BCUT2D eigenvalue weighted by molar-refractivity contribution is 7.47. The summed E-state index contributed by atoms with van der Waals surface area (Å²) in [5, 5.41) is 0. The first kappa shape index (κ1) is 52.0. The maximum atomic E-state index is 12.7. The van der Waals surface area contributed by atoms with Crippen LogP contribution in [0.25, 0.3) is 0 Å². The predicted molar refractivity (Wildman–Crippen MR) is 224 cm³/mol. The fourth-order valence-corrected chi connectivity index (χ4v) is 6.22. The van der Waals surface area contributed by atoms with Crippen LogP contribution in [-0.2, 0) is 32.7 Å². The van der Waals surface area contributed by atoms with Crippen LogP contribution in [0.4, 0.5) is 0 Å². The second-order valence-corrected chi connectivity index (χ2v) is 16.8. The number of phosphoric acid groups is 1. The zero-order valence-corrected chi connectivity index (χ0v) is 36.1. The molecule has 0 fully saturated rings. The van der Waals surface area contributed by atoms with Gasteiger partial charge in [0.2, 0.25) is 0 Å². The van der Waals surface area contributed by atoms with Gasteiger partial charge in [-0.15, -0.1) is 0 Å². The normalized spacial score (nSPS) is 14.1. The van der Waals surface area contributed by atoms with Crippen LogP contribution in [0.2, 0.25) is 0 Å². The fraction of sp³-hybridized carbons (Fsp3) is 0.773. The van der Waals surface area contributed by atoms with Gasteiger partial charge in [0.15, 0.2) is 6.10 Å². The fourth-order valence-electron chi connectivity index (χ4n) is 5.47. The molecule has 1 unspecified atom stereocenters. The van der Waals surface area contributed by atoms with Gasteiger partial charge in [-0.05, 0) is 51.4 Å². The number of likely N-dealkylation sites (N-methyl/N-ethyl adjacent to an activating group) is 1. The number of esters is 2. The number of hydrogen-bond acceptors (Lipinski definition) is 7. The van der Waals surface area contributed by atoms with Crippen molar-refractivity contribution in [2.24, 2.45) is 0 Å². The molecule has 0 aliphatic heterocycles. The number of rotatable bonds is 38. The molecule has 0 rings (SSSR count). The predicted octanol–water partition coefficient (Wildman–Crippen LogP) is 11.9. The second kappa shape index (κ2) is 36.6. The largest absolute Gasteiger partial charge is 0.472 e. The third kappa shape index (κ3) is 39.7. The van der Waals surface area contributed by atoms with Crippen molar-refractivity contribution in [1.29, 1.82) is 0 Å². The molecular formula is C44H81NO8P+. The molecule has 0 saturated carbocycles. The average Bonchev–Trinajstić information content (AvgIpc) is 3.12. The van der Waals surface area contributed by atoms with Gasteiger partial charge >= 0.3 is 19.8 Å². The molecule has 0 amide bonds. The lowest BCUT2D eigenvalue weighted by atomic mass is 10.0. The second-order valence-electron chi connectivity index (χ2n) is 15.4. The summed E-state index contributed by atoms with van der Waals surface area (Å²) in [5.74, 6) is -0.835. The summed E-state index contributed by atoms with van der Waals surface area (Å²) in [6.45, 7) is 4.31. The number of phosphoric ester groups is 1. The molecule has 0 heterocycles. The van der Waals surface area contributed by atoms with Crippen molar-refractivity contribution in [3.63, 3.8) is 0 Å². The van der Waals surface area contributed by atoms with Crippen LogP contribution in [0, 0.1) is 0 Å². The minimum atomic E-state index is -4.38. The Morgan fingerprint density at radius 2 is 1.04 bits per heavy atom. The van der Waals surface area contributed by atoms with E-state index in [2.05, 4.69) is 62.5 Å². The Morgan fingerprint density at radius 3 is 1.56 bits per heavy atom. The molecule has 2 atom stereocenters. The minimum absolute atomic E-state index is 0.0259. The van der Waals surface area contributed by atoms with E-state index in [4.69, 9.17) is 18.5 Å². The van der Waals surface area contributed by atoms with Crippen molar-refractivity contribution in [3.8, 4) is 0 Å². The summed E-state index contributed by atoms with van der Waals surface area (Å²) >= 11 is 0. The van der Waals surface area contributed by atoms with Crippen molar-refractivity contribution in [3.05, 3.63) is 48.6 Å². The van der Waals surface area contributed by atoms with E-state index >= 15 is 0 Å². The van der Waals surface area contributed by atoms with Crippen LogP contribution in [-0.4, -0.2) is 74.9 Å². The van der Waals surface area contributed by atoms with E-state index in [-0.39, 0.29) is 26.1 Å². The zero-order chi connectivity index (χ0) is 40.0. The molecule has 54 heavy (non-hydrogen) atoms. The third-order valence-corrected chi connectivity index (χ3v) is 9.83. The average molecular weight is 783 g/mol. The summed E-state index contributed by atoms with van der Waals surface area (Å²) in [5.41, 5.74) is 0. The molecule has 0 aromatic rings. The Kier molecular flexibility index (Phi) is 35.2. The lowest BCUT2D eigenvalue weighted by Gasteiger charge is -2.24. The van der Waals surface area contributed by atoms with Crippen molar-refractivity contribution in [2.45, 2.75) is 174 Å². The minimum Gasteiger partial charge on any atom is -0.462 e. The van der Waals surface area contributed by atoms with Crippen LogP contribution in [0.3, 0.4) is 0 Å². The monoisotopic (exact) mass is 783 g/mol. The summed E-state index contributed by atoms with van der Waals surface area (Å²) in [4.78, 5) is 35.3. The molecule has 1 N–H and O–H groups in total. The molecule has 0 aliphatic rings. The van der Waals surface area contributed by atoms with Crippen LogP contribution in [0.5, 0.6) is 0 Å². The van der Waals surface area contributed by atoms with E-state index in [1.165, 1.54) is 70.6 Å². The molecule has 314 valence electrons. The van der Waals surface area contributed by atoms with Crippen LogP contribution < -0.4 is 0 Å². The van der Waals surface area contributed by atoms with Crippen molar-refractivity contribution >= 4 is 19.8 Å². The van der Waals surface area contributed by atoms with Gasteiger partial charge in [0.05, 0.1) is 27.7 Å². The van der Waals surface area contributed by atoms with Crippen LogP contribution in [0.15, 0.2) is 48.6 Å². The van der Waals surface area contributed by atoms with E-state index < -0.39 is 32.5 Å². The van der Waals surface area contributed by atoms with Gasteiger partial charge in [-0.3, -0.25) is 18.6 Å². The number of unbranched alkanes of at least 4 members (excludes halogenated alkanes) is 16.